The van der Waals surface area contributed by atoms with Gasteiger partial charge in [0.25, 0.3) is 0 Å². The normalized spacial score (nSPS) is 14.7. The molecule has 7 aromatic carbocycles. The molecule has 4 heteroatoms. The van der Waals surface area contributed by atoms with E-state index in [1.165, 1.54) is 44.5 Å². The molecule has 2 aliphatic carbocycles. The molecule has 0 fully saturated rings. The molecule has 0 radical (unpaired) electrons. The summed E-state index contributed by atoms with van der Waals surface area (Å²) in [6, 6.07) is 64.0. The predicted molar refractivity (Wildman–Crippen MR) is 216 cm³/mol. The Morgan fingerprint density at radius 1 is 0.315 bits per heavy atom. The van der Waals surface area contributed by atoms with Crippen LogP contribution in [-0.4, -0.2) is 15.0 Å². The van der Waals surface area contributed by atoms with E-state index in [9.17, 15) is 0 Å². The van der Waals surface area contributed by atoms with E-state index in [0.717, 1.165) is 39.1 Å². The summed E-state index contributed by atoms with van der Waals surface area (Å²) in [6.07, 6.45) is 1.82. The molecule has 252 valence electrons. The van der Waals surface area contributed by atoms with Crippen LogP contribution in [-0.2, 0) is 5.41 Å². The molecule has 0 N–H and O–H groups in total. The minimum absolute atomic E-state index is 0.579. The second-order valence-electron chi connectivity index (χ2n) is 14.0. The highest BCUT2D eigenvalue weighted by molar-refractivity contribution is 5.94. The van der Waals surface area contributed by atoms with Gasteiger partial charge in [-0.2, -0.15) is 0 Å². The summed E-state index contributed by atoms with van der Waals surface area (Å²) in [5.74, 6) is 2.85. The Labute approximate surface area is 313 Å². The van der Waals surface area contributed by atoms with Crippen molar-refractivity contribution in [3.05, 3.63) is 211 Å². The van der Waals surface area contributed by atoms with E-state index < -0.39 is 5.41 Å². The quantitative estimate of drug-likeness (QED) is 0.180. The molecule has 2 aliphatic rings. The first-order chi connectivity index (χ1) is 26.8. The van der Waals surface area contributed by atoms with Gasteiger partial charge in [-0.15, -0.1) is 0 Å². The predicted octanol–water partition coefficient (Wildman–Crippen LogP) is 12.1. The van der Waals surface area contributed by atoms with E-state index in [1.54, 1.807) is 0 Å². The summed E-state index contributed by atoms with van der Waals surface area (Å²) < 4.78 is 6.44. The number of nitrogens with zero attached hydrogens (tertiary/aromatic N) is 3. The first-order valence-corrected chi connectivity index (χ1v) is 18.3. The molecule has 0 aliphatic heterocycles. The molecular weight excluding hydrogens is 659 g/mol. The van der Waals surface area contributed by atoms with E-state index in [1.807, 2.05) is 42.7 Å². The third-order valence-corrected chi connectivity index (χ3v) is 11.1. The van der Waals surface area contributed by atoms with Gasteiger partial charge in [0.1, 0.15) is 11.2 Å². The SMILES string of the molecule is c1ccc(-c2ccc(-c3ccc(-c4nc(-c5ccccc5)nc(-c5ccc6c(c5)C5(c7ccccc7-6)c6ccccc6-c6ccoc65)n4)cc3)cc2)cc1. The zero-order chi connectivity index (χ0) is 35.6. The average Bonchev–Trinajstić information content (AvgIpc) is 3.93. The van der Waals surface area contributed by atoms with Crippen molar-refractivity contribution in [3.8, 4) is 78.7 Å². The van der Waals surface area contributed by atoms with Gasteiger partial charge in [-0.1, -0.05) is 170 Å². The van der Waals surface area contributed by atoms with Crippen LogP contribution in [0.1, 0.15) is 22.5 Å². The highest BCUT2D eigenvalue weighted by Crippen LogP contribution is 2.63. The Morgan fingerprint density at radius 3 is 1.31 bits per heavy atom. The van der Waals surface area contributed by atoms with Gasteiger partial charge in [0.05, 0.1) is 6.26 Å². The Kier molecular flexibility index (Phi) is 6.73. The number of hydrogen-bond acceptors (Lipinski definition) is 4. The van der Waals surface area contributed by atoms with Gasteiger partial charge in [-0.3, -0.25) is 0 Å². The summed E-state index contributed by atoms with van der Waals surface area (Å²) in [5.41, 5.74) is 15.3. The van der Waals surface area contributed by atoms with E-state index in [-0.39, 0.29) is 0 Å². The highest BCUT2D eigenvalue weighted by atomic mass is 16.3. The maximum absolute atomic E-state index is 6.44. The molecule has 0 bridgehead atoms. The van der Waals surface area contributed by atoms with Gasteiger partial charge in [-0.25, -0.2) is 15.0 Å². The van der Waals surface area contributed by atoms with Gasteiger partial charge < -0.3 is 4.42 Å². The number of fused-ring (bicyclic) bond motifs is 10. The van der Waals surface area contributed by atoms with Gasteiger partial charge in [0.2, 0.25) is 0 Å². The van der Waals surface area contributed by atoms with E-state index >= 15 is 0 Å². The van der Waals surface area contributed by atoms with Crippen LogP contribution in [0.2, 0.25) is 0 Å². The largest absolute Gasteiger partial charge is 0.467 e. The molecule has 2 aromatic heterocycles. The van der Waals surface area contributed by atoms with Crippen LogP contribution in [0.5, 0.6) is 0 Å². The topological polar surface area (TPSA) is 51.8 Å². The van der Waals surface area contributed by atoms with E-state index in [2.05, 4.69) is 146 Å². The molecular formula is C50H31N3O. The second-order valence-corrected chi connectivity index (χ2v) is 14.0. The molecule has 11 rings (SSSR count). The molecule has 9 aromatic rings. The lowest BCUT2D eigenvalue weighted by Gasteiger charge is -2.28. The van der Waals surface area contributed by atoms with Gasteiger partial charge >= 0.3 is 0 Å². The first kappa shape index (κ1) is 30.5. The zero-order valence-electron chi connectivity index (χ0n) is 29.1. The summed E-state index contributed by atoms with van der Waals surface area (Å²) >= 11 is 0. The van der Waals surface area contributed by atoms with Crippen LogP contribution in [0.3, 0.4) is 0 Å². The highest BCUT2D eigenvalue weighted by Gasteiger charge is 2.54. The van der Waals surface area contributed by atoms with Crippen LogP contribution >= 0.6 is 0 Å². The van der Waals surface area contributed by atoms with Crippen molar-refractivity contribution in [2.45, 2.75) is 5.41 Å². The van der Waals surface area contributed by atoms with Crippen LogP contribution in [0.4, 0.5) is 0 Å². The Bertz CT molecular complexity index is 2860. The Hall–Kier alpha value is -7.17. The monoisotopic (exact) mass is 689 g/mol. The summed E-state index contributed by atoms with van der Waals surface area (Å²) in [5, 5.41) is 0. The fraction of sp³-hybridized carbons (Fsp3) is 0.0200. The maximum atomic E-state index is 6.44. The van der Waals surface area contributed by atoms with Crippen molar-refractivity contribution in [2.24, 2.45) is 0 Å². The average molecular weight is 690 g/mol. The number of hydrogen-bond donors (Lipinski definition) is 0. The molecule has 0 amide bonds. The van der Waals surface area contributed by atoms with Crippen LogP contribution in [0, 0.1) is 0 Å². The van der Waals surface area contributed by atoms with Crippen LogP contribution in [0.15, 0.2) is 193 Å². The van der Waals surface area contributed by atoms with Crippen molar-refractivity contribution < 1.29 is 4.42 Å². The zero-order valence-corrected chi connectivity index (χ0v) is 29.1. The van der Waals surface area contributed by atoms with E-state index in [4.69, 9.17) is 19.4 Å². The van der Waals surface area contributed by atoms with Gasteiger partial charge in [0, 0.05) is 22.3 Å². The minimum atomic E-state index is -0.579. The van der Waals surface area contributed by atoms with Crippen molar-refractivity contribution in [1.29, 1.82) is 0 Å². The van der Waals surface area contributed by atoms with E-state index in [0.29, 0.717) is 17.5 Å². The molecule has 2 heterocycles. The third-order valence-electron chi connectivity index (χ3n) is 11.1. The van der Waals surface area contributed by atoms with Crippen molar-refractivity contribution in [1.82, 2.24) is 15.0 Å². The lowest BCUT2D eigenvalue weighted by molar-refractivity contribution is 0.474. The Morgan fingerprint density at radius 2 is 0.722 bits per heavy atom. The fourth-order valence-corrected chi connectivity index (χ4v) is 8.58. The van der Waals surface area contributed by atoms with Crippen LogP contribution < -0.4 is 0 Å². The standard InChI is InChI=1S/C50H31N3O/c1-3-11-32(12-4-1)33-19-21-34(22-20-33)35-23-25-37(26-24-35)48-51-47(36-13-5-2-6-14-36)52-49(53-48)38-27-28-41-39-15-7-9-17-43(39)50(45(41)31-38)44-18-10-8-16-40(44)42-29-30-54-46(42)50/h1-31H. The number of benzene rings is 7. The fourth-order valence-electron chi connectivity index (χ4n) is 8.58. The van der Waals surface area contributed by atoms with Crippen molar-refractivity contribution in [3.63, 3.8) is 0 Å². The lowest BCUT2D eigenvalue weighted by Crippen LogP contribution is -2.25. The van der Waals surface area contributed by atoms with Crippen molar-refractivity contribution >= 4 is 0 Å². The summed E-state index contributed by atoms with van der Waals surface area (Å²) in [4.78, 5) is 15.3. The molecule has 1 spiro atoms. The molecule has 1 atom stereocenters. The molecule has 1 unspecified atom stereocenters. The maximum Gasteiger partial charge on any atom is 0.164 e. The molecule has 4 nitrogen and oxygen atoms in total. The number of furan rings is 1. The van der Waals surface area contributed by atoms with Crippen LogP contribution in [0.25, 0.3) is 78.7 Å². The van der Waals surface area contributed by atoms with Gasteiger partial charge in [-0.05, 0) is 67.8 Å². The summed E-state index contributed by atoms with van der Waals surface area (Å²) in [7, 11) is 0. The smallest absolute Gasteiger partial charge is 0.164 e. The van der Waals surface area contributed by atoms with Gasteiger partial charge in [0.15, 0.2) is 17.5 Å². The second kappa shape index (κ2) is 11.9. The minimum Gasteiger partial charge on any atom is -0.467 e. The summed E-state index contributed by atoms with van der Waals surface area (Å²) in [6.45, 7) is 0. The van der Waals surface area contributed by atoms with Crippen molar-refractivity contribution in [2.75, 3.05) is 0 Å². The Balaban J connectivity index is 1.04. The number of rotatable bonds is 5. The molecule has 54 heavy (non-hydrogen) atoms. The third kappa shape index (κ3) is 4.53. The molecule has 0 saturated carbocycles. The first-order valence-electron chi connectivity index (χ1n) is 18.3. The lowest BCUT2D eigenvalue weighted by atomic mass is 9.73. The molecule has 0 saturated heterocycles. The number of aromatic nitrogens is 3.